The Morgan fingerprint density at radius 1 is 1.17 bits per heavy atom. The van der Waals surface area contributed by atoms with Crippen molar-refractivity contribution in [2.45, 2.75) is 64.1 Å². The summed E-state index contributed by atoms with van der Waals surface area (Å²) in [5, 5.41) is 41.4. The van der Waals surface area contributed by atoms with Crippen LogP contribution in [0, 0.1) is 11.3 Å². The average molecular weight is 531 g/mol. The van der Waals surface area contributed by atoms with Gasteiger partial charge in [-0.2, -0.15) is 13.2 Å². The van der Waals surface area contributed by atoms with Crippen molar-refractivity contribution >= 4 is 29.8 Å². The summed E-state index contributed by atoms with van der Waals surface area (Å²) in [6.07, 6.45) is -5.97. The molecule has 1 saturated heterocycles. The van der Waals surface area contributed by atoms with Gasteiger partial charge in [0.15, 0.2) is 5.96 Å². The van der Waals surface area contributed by atoms with Crippen LogP contribution in [0.5, 0.6) is 0 Å². The second kappa shape index (κ2) is 14.9. The van der Waals surface area contributed by atoms with Gasteiger partial charge >= 0.3 is 18.2 Å². The van der Waals surface area contributed by atoms with Crippen LogP contribution in [0.3, 0.4) is 0 Å². The van der Waals surface area contributed by atoms with E-state index in [1.807, 2.05) is 13.8 Å². The molecular weight excluding hydrogens is 497 g/mol. The number of aliphatic hydroxyl groups is 2. The van der Waals surface area contributed by atoms with Gasteiger partial charge in [0.2, 0.25) is 11.8 Å². The first-order valence-corrected chi connectivity index (χ1v) is 10.7. The highest BCUT2D eigenvalue weighted by molar-refractivity contribution is 5.91. The number of halogens is 3. The van der Waals surface area contributed by atoms with Gasteiger partial charge in [-0.1, -0.05) is 13.8 Å². The maximum absolute atomic E-state index is 12.4. The number of hydrogen-bond donors (Lipinski definition) is 8. The SMILES string of the molecule is CC(C)COC(=O)N[C@H](CO)C(=O)N[C@@H](C)C(=O)N[C@H]1CCCN(C(=N)N)C1O.O=C(O)C(F)(F)F. The molecule has 1 aliphatic rings. The number of alkyl halides is 3. The molecule has 17 heteroatoms. The normalized spacial score (nSPS) is 19.2. The third kappa shape index (κ3) is 11.9. The molecule has 36 heavy (non-hydrogen) atoms. The molecular formula is C19H33F3N6O8. The van der Waals surface area contributed by atoms with Gasteiger partial charge in [-0.05, 0) is 25.7 Å². The van der Waals surface area contributed by atoms with Gasteiger partial charge in [0.1, 0.15) is 18.3 Å². The Hall–Kier alpha value is -3.34. The van der Waals surface area contributed by atoms with Gasteiger partial charge < -0.3 is 46.6 Å². The summed E-state index contributed by atoms with van der Waals surface area (Å²) in [6.45, 7) is 5.02. The van der Waals surface area contributed by atoms with Crippen LogP contribution in [0.1, 0.15) is 33.6 Å². The fourth-order valence-corrected chi connectivity index (χ4v) is 2.70. The topological polar surface area (TPSA) is 227 Å². The number of carbonyl (C=O) groups excluding carboxylic acids is 3. The molecule has 0 aromatic rings. The van der Waals surface area contributed by atoms with Gasteiger partial charge in [-0.25, -0.2) is 9.59 Å². The molecule has 0 aliphatic carbocycles. The number of alkyl carbamates (subject to hydrolysis) is 1. The van der Waals surface area contributed by atoms with Crippen molar-refractivity contribution in [3.8, 4) is 0 Å². The smallest absolute Gasteiger partial charge is 0.475 e. The largest absolute Gasteiger partial charge is 0.490 e. The molecule has 1 aliphatic heterocycles. The number of likely N-dealkylation sites (tertiary alicyclic amines) is 1. The first kappa shape index (κ1) is 32.7. The monoisotopic (exact) mass is 530 g/mol. The lowest BCUT2D eigenvalue weighted by Gasteiger charge is -2.38. The van der Waals surface area contributed by atoms with E-state index >= 15 is 0 Å². The van der Waals surface area contributed by atoms with Crippen LogP contribution in [0.2, 0.25) is 0 Å². The Bertz CT molecular complexity index is 783. The summed E-state index contributed by atoms with van der Waals surface area (Å²) in [7, 11) is 0. The first-order valence-electron chi connectivity index (χ1n) is 10.7. The Balaban J connectivity index is 0.00000152. The van der Waals surface area contributed by atoms with Crippen LogP contribution < -0.4 is 21.7 Å². The number of rotatable bonds is 8. The predicted octanol–water partition coefficient (Wildman–Crippen LogP) is -1.34. The van der Waals surface area contributed by atoms with Crippen molar-refractivity contribution in [1.29, 1.82) is 5.41 Å². The zero-order valence-corrected chi connectivity index (χ0v) is 20.0. The van der Waals surface area contributed by atoms with Crippen molar-refractivity contribution in [3.63, 3.8) is 0 Å². The lowest BCUT2D eigenvalue weighted by molar-refractivity contribution is -0.192. The number of nitrogens with two attached hydrogens (primary N) is 1. The molecule has 9 N–H and O–H groups in total. The van der Waals surface area contributed by atoms with Crippen molar-refractivity contribution in [1.82, 2.24) is 20.9 Å². The zero-order chi connectivity index (χ0) is 28.2. The molecule has 0 radical (unpaired) electrons. The molecule has 3 amide bonds. The van der Waals surface area contributed by atoms with Crippen molar-refractivity contribution < 1.29 is 52.4 Å². The van der Waals surface area contributed by atoms with Gasteiger partial charge in [-0.3, -0.25) is 15.0 Å². The molecule has 1 fully saturated rings. The first-order chi connectivity index (χ1) is 16.5. The molecule has 14 nitrogen and oxygen atoms in total. The summed E-state index contributed by atoms with van der Waals surface area (Å²) in [6, 6.07) is -2.93. The Labute approximate surface area is 204 Å². The maximum atomic E-state index is 12.4. The molecule has 1 rings (SSSR count). The second-order valence-corrected chi connectivity index (χ2v) is 8.15. The van der Waals surface area contributed by atoms with Crippen LogP contribution in [0.4, 0.5) is 18.0 Å². The third-order valence-corrected chi connectivity index (χ3v) is 4.56. The third-order valence-electron chi connectivity index (χ3n) is 4.56. The van der Waals surface area contributed by atoms with Crippen molar-refractivity contribution in [2.24, 2.45) is 11.7 Å². The fraction of sp³-hybridized carbons (Fsp3) is 0.737. The van der Waals surface area contributed by atoms with Crippen LogP contribution in [-0.4, -0.2) is 100 Å². The summed E-state index contributed by atoms with van der Waals surface area (Å²) in [5.41, 5.74) is 5.41. The standard InChI is InChI=1S/C17H32N6O6.C2HF3O2/c1-9(2)8-29-17(28)22-12(7-24)14(26)20-10(3)13(25)21-11-5-4-6-23(15(11)27)16(18)19;3-2(4,5)1(6)7/h9-12,15,24,27H,4-8H2,1-3H3,(H3,18,19)(H,20,26)(H,21,25)(H,22,28);(H,6,7)/t10-,11-,12+,15?;/m0./s1. The minimum absolute atomic E-state index is 0.111. The molecule has 0 aromatic heterocycles. The molecule has 1 unspecified atom stereocenters. The number of carboxylic acids is 1. The number of carboxylic acid groups (broad SMARTS) is 1. The van der Waals surface area contributed by atoms with Gasteiger partial charge in [-0.15, -0.1) is 0 Å². The molecule has 1 heterocycles. The van der Waals surface area contributed by atoms with Gasteiger partial charge in [0, 0.05) is 6.54 Å². The van der Waals surface area contributed by atoms with Crippen LogP contribution in [0.15, 0.2) is 0 Å². The Kier molecular flexibility index (Phi) is 13.5. The van der Waals surface area contributed by atoms with Crippen molar-refractivity contribution in [2.75, 3.05) is 19.8 Å². The summed E-state index contributed by atoms with van der Waals surface area (Å²) >= 11 is 0. The van der Waals surface area contributed by atoms with E-state index < -0.39 is 61.0 Å². The number of piperidine rings is 1. The number of aliphatic hydroxyl groups excluding tert-OH is 2. The number of hydrogen-bond acceptors (Lipinski definition) is 8. The van der Waals surface area contributed by atoms with E-state index in [0.29, 0.717) is 19.4 Å². The second-order valence-electron chi connectivity index (χ2n) is 8.15. The summed E-state index contributed by atoms with van der Waals surface area (Å²) in [5.74, 6) is -4.26. The highest BCUT2D eigenvalue weighted by Crippen LogP contribution is 2.15. The van der Waals surface area contributed by atoms with Gasteiger partial charge in [0.05, 0.1) is 19.3 Å². The van der Waals surface area contributed by atoms with E-state index in [2.05, 4.69) is 16.0 Å². The highest BCUT2D eigenvalue weighted by Gasteiger charge is 2.38. The number of aliphatic carboxylic acids is 1. The number of amides is 3. The number of nitrogens with zero attached hydrogens (tertiary/aromatic N) is 1. The van der Waals surface area contributed by atoms with E-state index in [9.17, 15) is 37.8 Å². The van der Waals surface area contributed by atoms with E-state index in [4.69, 9.17) is 25.8 Å². The van der Waals surface area contributed by atoms with E-state index in [-0.39, 0.29) is 18.5 Å². The molecule has 0 aromatic carbocycles. The Morgan fingerprint density at radius 3 is 2.17 bits per heavy atom. The number of carbonyl (C=O) groups is 4. The summed E-state index contributed by atoms with van der Waals surface area (Å²) < 4.78 is 36.6. The minimum atomic E-state index is -5.08. The maximum Gasteiger partial charge on any atom is 0.490 e. The lowest BCUT2D eigenvalue weighted by Crippen LogP contribution is -2.61. The van der Waals surface area contributed by atoms with Crippen LogP contribution in [-0.2, 0) is 19.1 Å². The summed E-state index contributed by atoms with van der Waals surface area (Å²) in [4.78, 5) is 46.4. The number of guanidine groups is 1. The Morgan fingerprint density at radius 2 is 1.72 bits per heavy atom. The van der Waals surface area contributed by atoms with Gasteiger partial charge in [0.25, 0.3) is 0 Å². The minimum Gasteiger partial charge on any atom is -0.475 e. The average Bonchev–Trinajstić information content (AvgIpc) is 2.76. The highest BCUT2D eigenvalue weighted by atomic mass is 19.4. The molecule has 0 saturated carbocycles. The van der Waals surface area contributed by atoms with Crippen LogP contribution >= 0.6 is 0 Å². The van der Waals surface area contributed by atoms with E-state index in [1.54, 1.807) is 0 Å². The molecule has 208 valence electrons. The molecule has 4 atom stereocenters. The quantitative estimate of drug-likeness (QED) is 0.136. The lowest BCUT2D eigenvalue weighted by atomic mass is 10.0. The van der Waals surface area contributed by atoms with Crippen LogP contribution in [0.25, 0.3) is 0 Å². The zero-order valence-electron chi connectivity index (χ0n) is 20.0. The van der Waals surface area contributed by atoms with E-state index in [1.165, 1.54) is 11.8 Å². The molecule has 0 bridgehead atoms. The fourth-order valence-electron chi connectivity index (χ4n) is 2.70. The molecule has 0 spiro atoms. The van der Waals surface area contributed by atoms with E-state index in [0.717, 1.165) is 0 Å². The predicted molar refractivity (Wildman–Crippen MR) is 117 cm³/mol. The number of nitrogens with one attached hydrogen (secondary N) is 4. The number of ether oxygens (including phenoxy) is 1. The van der Waals surface area contributed by atoms with Crippen molar-refractivity contribution in [3.05, 3.63) is 0 Å².